The SMILES string of the molecule is NC(c1nn[nH]c1Cc1ccccc1)(c1nn[nH]c1Cc1ccccc1)c1nn[nH]c1Cc1ccccc1. The molecule has 0 aliphatic heterocycles. The van der Waals surface area contributed by atoms with Crippen LogP contribution in [0.3, 0.4) is 0 Å². The fourth-order valence-corrected chi connectivity index (χ4v) is 4.80. The van der Waals surface area contributed by atoms with Gasteiger partial charge in [0.2, 0.25) is 0 Å². The molecular weight excluding hydrogens is 476 g/mol. The van der Waals surface area contributed by atoms with Crippen molar-refractivity contribution in [3.8, 4) is 0 Å². The molecule has 10 heteroatoms. The van der Waals surface area contributed by atoms with E-state index in [9.17, 15) is 0 Å². The van der Waals surface area contributed by atoms with E-state index in [0.717, 1.165) is 33.8 Å². The zero-order valence-electron chi connectivity index (χ0n) is 20.5. The molecule has 0 atom stereocenters. The Kier molecular flexibility index (Phi) is 6.29. The van der Waals surface area contributed by atoms with Crippen LogP contribution in [0.1, 0.15) is 50.9 Å². The number of benzene rings is 3. The number of aromatic amines is 3. The molecule has 0 fully saturated rings. The average Bonchev–Trinajstić information content (AvgIpc) is 3.72. The summed E-state index contributed by atoms with van der Waals surface area (Å²) in [5.74, 6) is 0. The molecule has 0 radical (unpaired) electrons. The number of rotatable bonds is 9. The molecule has 0 unspecified atom stereocenters. The minimum absolute atomic E-state index is 0.521. The molecule has 3 aromatic carbocycles. The monoisotopic (exact) mass is 502 g/mol. The lowest BCUT2D eigenvalue weighted by molar-refractivity contribution is 0.566. The second-order valence-electron chi connectivity index (χ2n) is 9.21. The highest BCUT2D eigenvalue weighted by Gasteiger charge is 2.45. The van der Waals surface area contributed by atoms with E-state index >= 15 is 0 Å². The van der Waals surface area contributed by atoms with Gasteiger partial charge in [0.15, 0.2) is 5.54 Å². The first-order valence-electron chi connectivity index (χ1n) is 12.3. The number of nitrogens with two attached hydrogens (primary N) is 1. The zero-order valence-corrected chi connectivity index (χ0v) is 20.5. The predicted molar refractivity (Wildman–Crippen MR) is 141 cm³/mol. The van der Waals surface area contributed by atoms with Crippen LogP contribution in [0.2, 0.25) is 0 Å². The van der Waals surface area contributed by atoms with Gasteiger partial charge in [0, 0.05) is 19.3 Å². The van der Waals surface area contributed by atoms with Gasteiger partial charge in [0.05, 0.1) is 17.1 Å². The maximum atomic E-state index is 7.39. The molecule has 0 aliphatic carbocycles. The fraction of sp³-hybridized carbons (Fsp3) is 0.143. The van der Waals surface area contributed by atoms with Gasteiger partial charge in [-0.1, -0.05) is 107 Å². The van der Waals surface area contributed by atoms with Crippen molar-refractivity contribution in [1.29, 1.82) is 0 Å². The van der Waals surface area contributed by atoms with Gasteiger partial charge in [-0.25, -0.2) is 0 Å². The number of hydrogen-bond donors (Lipinski definition) is 4. The molecule has 3 heterocycles. The van der Waals surface area contributed by atoms with Crippen LogP contribution < -0.4 is 5.73 Å². The molecule has 38 heavy (non-hydrogen) atoms. The van der Waals surface area contributed by atoms with E-state index in [1.807, 2.05) is 54.6 Å². The quantitative estimate of drug-likeness (QED) is 0.237. The first-order chi connectivity index (χ1) is 18.7. The lowest BCUT2D eigenvalue weighted by Crippen LogP contribution is -2.43. The lowest BCUT2D eigenvalue weighted by atomic mass is 9.82. The highest BCUT2D eigenvalue weighted by Crippen LogP contribution is 2.36. The van der Waals surface area contributed by atoms with Crippen LogP contribution in [0.5, 0.6) is 0 Å². The minimum Gasteiger partial charge on any atom is -0.310 e. The molecule has 188 valence electrons. The molecular formula is C28H26N10. The molecule has 0 saturated carbocycles. The predicted octanol–water partition coefficient (Wildman–Crippen LogP) is 3.06. The van der Waals surface area contributed by atoms with E-state index in [2.05, 4.69) is 82.6 Å². The highest BCUT2D eigenvalue weighted by atomic mass is 15.4. The Hall–Kier alpha value is -4.96. The molecule has 0 bridgehead atoms. The van der Waals surface area contributed by atoms with Crippen LogP contribution in [-0.4, -0.2) is 46.2 Å². The van der Waals surface area contributed by atoms with Gasteiger partial charge in [-0.2, -0.15) is 0 Å². The largest absolute Gasteiger partial charge is 0.310 e. The Bertz CT molecular complexity index is 1410. The van der Waals surface area contributed by atoms with Gasteiger partial charge in [-0.15, -0.1) is 15.3 Å². The zero-order chi connectivity index (χ0) is 25.8. The summed E-state index contributed by atoms with van der Waals surface area (Å²) in [6.07, 6.45) is 1.67. The summed E-state index contributed by atoms with van der Waals surface area (Å²) >= 11 is 0. The summed E-state index contributed by atoms with van der Waals surface area (Å²) in [5.41, 5.74) is 13.1. The van der Waals surface area contributed by atoms with Crippen LogP contribution in [0.4, 0.5) is 0 Å². The first-order valence-corrected chi connectivity index (χ1v) is 12.3. The van der Waals surface area contributed by atoms with E-state index in [-0.39, 0.29) is 0 Å². The van der Waals surface area contributed by atoms with Gasteiger partial charge in [0.25, 0.3) is 0 Å². The number of H-pyrrole nitrogens is 3. The number of nitrogens with one attached hydrogen (secondary N) is 3. The standard InChI is InChI=1S/C28H26N10/c29-28(25-22(30-36-33-25)16-19-10-4-1-5-11-19,26-23(31-37-34-26)17-20-12-6-2-7-13-20)27-24(32-38-35-27)18-21-14-8-3-9-15-21/h1-15H,16-18,29H2,(H,30,33,36)(H,31,34,37)(H,32,35,38). The molecule has 3 aromatic heterocycles. The van der Waals surface area contributed by atoms with Crippen LogP contribution in [0, 0.1) is 0 Å². The van der Waals surface area contributed by atoms with Crippen molar-refractivity contribution in [2.75, 3.05) is 0 Å². The van der Waals surface area contributed by atoms with Crippen molar-refractivity contribution in [2.24, 2.45) is 5.73 Å². The Morgan fingerprint density at radius 2 is 0.763 bits per heavy atom. The second kappa shape index (κ2) is 10.2. The Balaban J connectivity index is 1.49. The topological polar surface area (TPSA) is 151 Å². The van der Waals surface area contributed by atoms with Gasteiger partial charge >= 0.3 is 0 Å². The Morgan fingerprint density at radius 1 is 0.474 bits per heavy atom. The summed E-state index contributed by atoms with van der Waals surface area (Å²) in [5, 5.41) is 35.2. The van der Waals surface area contributed by atoms with Crippen molar-refractivity contribution in [1.82, 2.24) is 46.2 Å². The van der Waals surface area contributed by atoms with Crippen molar-refractivity contribution in [2.45, 2.75) is 24.8 Å². The molecule has 0 aliphatic rings. The molecule has 0 spiro atoms. The number of aromatic nitrogens is 9. The molecule has 6 rings (SSSR count). The van der Waals surface area contributed by atoms with Crippen LogP contribution in [0.25, 0.3) is 0 Å². The highest BCUT2D eigenvalue weighted by molar-refractivity contribution is 5.47. The van der Waals surface area contributed by atoms with E-state index in [1.165, 1.54) is 0 Å². The third kappa shape index (κ3) is 4.48. The summed E-state index contributed by atoms with van der Waals surface area (Å²) in [6.45, 7) is 0. The minimum atomic E-state index is -1.38. The number of nitrogens with zero attached hydrogens (tertiary/aromatic N) is 6. The molecule has 10 nitrogen and oxygen atoms in total. The van der Waals surface area contributed by atoms with Crippen molar-refractivity contribution >= 4 is 0 Å². The molecule has 5 N–H and O–H groups in total. The van der Waals surface area contributed by atoms with Gasteiger partial charge < -0.3 is 5.73 Å². The molecule has 0 saturated heterocycles. The average molecular weight is 503 g/mol. The summed E-state index contributed by atoms with van der Waals surface area (Å²) in [7, 11) is 0. The maximum absolute atomic E-state index is 7.39. The number of hydrogen-bond acceptors (Lipinski definition) is 7. The fourth-order valence-electron chi connectivity index (χ4n) is 4.80. The normalized spacial score (nSPS) is 11.6. The van der Waals surface area contributed by atoms with Crippen molar-refractivity contribution < 1.29 is 0 Å². The molecule has 6 aromatic rings. The molecule has 0 amide bonds. The van der Waals surface area contributed by atoms with Crippen molar-refractivity contribution in [3.05, 3.63) is 142 Å². The van der Waals surface area contributed by atoms with Crippen LogP contribution in [0.15, 0.2) is 91.0 Å². The third-order valence-electron chi connectivity index (χ3n) is 6.65. The summed E-state index contributed by atoms with van der Waals surface area (Å²) < 4.78 is 0. The summed E-state index contributed by atoms with van der Waals surface area (Å²) in [6, 6.07) is 30.3. The smallest absolute Gasteiger partial charge is 0.155 e. The van der Waals surface area contributed by atoms with Gasteiger partial charge in [-0.3, -0.25) is 15.3 Å². The Labute approximate surface area is 218 Å². The third-order valence-corrected chi connectivity index (χ3v) is 6.65. The second-order valence-corrected chi connectivity index (χ2v) is 9.21. The van der Waals surface area contributed by atoms with Gasteiger partial charge in [0.1, 0.15) is 17.1 Å². The van der Waals surface area contributed by atoms with Crippen molar-refractivity contribution in [3.63, 3.8) is 0 Å². The van der Waals surface area contributed by atoms with Crippen LogP contribution >= 0.6 is 0 Å². The van der Waals surface area contributed by atoms with E-state index < -0.39 is 5.54 Å². The Morgan fingerprint density at radius 3 is 1.05 bits per heavy atom. The van der Waals surface area contributed by atoms with E-state index in [4.69, 9.17) is 5.73 Å². The van der Waals surface area contributed by atoms with Crippen LogP contribution in [-0.2, 0) is 24.8 Å². The van der Waals surface area contributed by atoms with E-state index in [1.54, 1.807) is 0 Å². The first kappa shape index (κ1) is 23.4. The van der Waals surface area contributed by atoms with Gasteiger partial charge in [-0.05, 0) is 16.7 Å². The maximum Gasteiger partial charge on any atom is 0.155 e. The lowest BCUT2D eigenvalue weighted by Gasteiger charge is -2.26. The van der Waals surface area contributed by atoms with E-state index in [0.29, 0.717) is 36.3 Å². The summed E-state index contributed by atoms with van der Waals surface area (Å²) in [4.78, 5) is 0.